The maximum absolute atomic E-state index is 6.54. The Morgan fingerprint density at radius 1 is 1.05 bits per heavy atom. The monoisotopic (exact) mass is 279 g/mol. The third-order valence-corrected chi connectivity index (χ3v) is 4.45. The number of ether oxygens (including phenoxy) is 3. The van der Waals surface area contributed by atoms with E-state index in [-0.39, 0.29) is 11.6 Å². The summed E-state index contributed by atoms with van der Waals surface area (Å²) < 4.78 is 16.5. The van der Waals surface area contributed by atoms with Crippen molar-refractivity contribution in [1.29, 1.82) is 0 Å². The molecule has 1 aromatic carbocycles. The minimum atomic E-state index is -0.278. The zero-order valence-electron chi connectivity index (χ0n) is 12.6. The van der Waals surface area contributed by atoms with E-state index in [1.807, 2.05) is 18.2 Å². The number of nitrogens with two attached hydrogens (primary N) is 1. The van der Waals surface area contributed by atoms with E-state index in [4.69, 9.17) is 19.9 Å². The summed E-state index contributed by atoms with van der Waals surface area (Å²) in [6, 6.07) is 5.59. The van der Waals surface area contributed by atoms with Crippen molar-refractivity contribution in [3.63, 3.8) is 0 Å². The van der Waals surface area contributed by atoms with Crippen LogP contribution in [0.5, 0.6) is 11.5 Å². The first-order chi connectivity index (χ1) is 9.66. The van der Waals surface area contributed by atoms with E-state index in [1.165, 1.54) is 19.3 Å². The van der Waals surface area contributed by atoms with Crippen molar-refractivity contribution in [3.8, 4) is 11.5 Å². The lowest BCUT2D eigenvalue weighted by molar-refractivity contribution is -0.0599. The van der Waals surface area contributed by atoms with Crippen molar-refractivity contribution in [2.45, 2.75) is 43.7 Å². The van der Waals surface area contributed by atoms with Gasteiger partial charge < -0.3 is 19.9 Å². The molecule has 112 valence electrons. The predicted molar refractivity (Wildman–Crippen MR) is 79.3 cm³/mol. The Bertz CT molecular complexity index is 441. The molecule has 1 fully saturated rings. The lowest BCUT2D eigenvalue weighted by atomic mass is 9.77. The number of methoxy groups -OCH3 is 3. The molecule has 0 radical (unpaired) electrons. The number of hydrogen-bond donors (Lipinski definition) is 1. The van der Waals surface area contributed by atoms with E-state index in [0.29, 0.717) is 0 Å². The van der Waals surface area contributed by atoms with Crippen LogP contribution in [-0.4, -0.2) is 26.9 Å². The summed E-state index contributed by atoms with van der Waals surface area (Å²) in [5.41, 5.74) is 7.24. The normalized spacial score (nSPS) is 19.4. The predicted octanol–water partition coefficient (Wildman–Crippen LogP) is 3.05. The fourth-order valence-corrected chi connectivity index (χ4v) is 3.15. The van der Waals surface area contributed by atoms with E-state index < -0.39 is 0 Å². The summed E-state index contributed by atoms with van der Waals surface area (Å²) in [4.78, 5) is 0. The van der Waals surface area contributed by atoms with Crippen molar-refractivity contribution in [2.24, 2.45) is 5.73 Å². The highest BCUT2D eigenvalue weighted by Gasteiger charge is 2.40. The molecular formula is C16H25NO3. The topological polar surface area (TPSA) is 53.7 Å². The second kappa shape index (κ2) is 6.46. The molecule has 1 atom stereocenters. The van der Waals surface area contributed by atoms with Gasteiger partial charge in [-0.25, -0.2) is 0 Å². The van der Waals surface area contributed by atoms with Gasteiger partial charge in [-0.1, -0.05) is 19.3 Å². The molecule has 0 spiro atoms. The van der Waals surface area contributed by atoms with Gasteiger partial charge in [-0.3, -0.25) is 0 Å². The molecular weight excluding hydrogens is 254 g/mol. The van der Waals surface area contributed by atoms with E-state index >= 15 is 0 Å². The van der Waals surface area contributed by atoms with Crippen LogP contribution < -0.4 is 15.2 Å². The van der Waals surface area contributed by atoms with Gasteiger partial charge in [0, 0.05) is 18.7 Å². The average Bonchev–Trinajstić information content (AvgIpc) is 2.54. The van der Waals surface area contributed by atoms with Crippen LogP contribution in [0.4, 0.5) is 0 Å². The van der Waals surface area contributed by atoms with Crippen molar-refractivity contribution in [2.75, 3.05) is 21.3 Å². The van der Waals surface area contributed by atoms with Crippen molar-refractivity contribution in [3.05, 3.63) is 23.8 Å². The Hall–Kier alpha value is -1.26. The Morgan fingerprint density at radius 3 is 2.30 bits per heavy atom. The van der Waals surface area contributed by atoms with Gasteiger partial charge in [-0.15, -0.1) is 0 Å². The van der Waals surface area contributed by atoms with E-state index in [9.17, 15) is 0 Å². The molecule has 4 heteroatoms. The number of rotatable bonds is 5. The summed E-state index contributed by atoms with van der Waals surface area (Å²) in [6.45, 7) is 0. The highest BCUT2D eigenvalue weighted by atomic mass is 16.5. The Labute approximate surface area is 121 Å². The first-order valence-corrected chi connectivity index (χ1v) is 7.19. The summed E-state index contributed by atoms with van der Waals surface area (Å²) in [6.07, 6.45) is 5.59. The second-order valence-electron chi connectivity index (χ2n) is 5.42. The van der Waals surface area contributed by atoms with Crippen molar-refractivity contribution in [1.82, 2.24) is 0 Å². The standard InChI is InChI=1S/C16H25NO3/c1-18-12-7-8-13(14(11-12)19-2)15(17)16(20-3)9-5-4-6-10-16/h7-8,11,15H,4-6,9-10,17H2,1-3H3. The molecule has 0 heterocycles. The van der Waals surface area contributed by atoms with Crippen LogP contribution in [0.3, 0.4) is 0 Å². The molecule has 1 aromatic rings. The van der Waals surface area contributed by atoms with Gasteiger partial charge >= 0.3 is 0 Å². The summed E-state index contributed by atoms with van der Waals surface area (Å²) in [5, 5.41) is 0. The molecule has 0 aliphatic heterocycles. The van der Waals surface area contributed by atoms with Crippen molar-refractivity contribution >= 4 is 0 Å². The van der Waals surface area contributed by atoms with Crippen LogP contribution in [0.1, 0.15) is 43.7 Å². The molecule has 1 saturated carbocycles. The third kappa shape index (κ3) is 2.76. The fourth-order valence-electron chi connectivity index (χ4n) is 3.15. The Balaban J connectivity index is 2.33. The SMILES string of the molecule is COc1ccc(C(N)C2(OC)CCCCC2)c(OC)c1. The zero-order valence-corrected chi connectivity index (χ0v) is 12.6. The smallest absolute Gasteiger partial charge is 0.127 e. The van der Waals surface area contributed by atoms with E-state index in [2.05, 4.69) is 0 Å². The Kier molecular flexibility index (Phi) is 4.89. The first kappa shape index (κ1) is 15.1. The number of benzene rings is 1. The van der Waals surface area contributed by atoms with Crippen LogP contribution in [0.25, 0.3) is 0 Å². The largest absolute Gasteiger partial charge is 0.497 e. The molecule has 0 aromatic heterocycles. The Morgan fingerprint density at radius 2 is 1.75 bits per heavy atom. The molecule has 2 rings (SSSR count). The van der Waals surface area contributed by atoms with Gasteiger partial charge in [0.25, 0.3) is 0 Å². The maximum Gasteiger partial charge on any atom is 0.127 e. The molecule has 0 amide bonds. The van der Waals surface area contributed by atoms with E-state index in [1.54, 1.807) is 21.3 Å². The van der Waals surface area contributed by atoms with Gasteiger partial charge in [0.2, 0.25) is 0 Å². The molecule has 0 saturated heterocycles. The molecule has 4 nitrogen and oxygen atoms in total. The zero-order chi connectivity index (χ0) is 14.6. The lowest BCUT2D eigenvalue weighted by Gasteiger charge is -2.41. The van der Waals surface area contributed by atoms with Crippen LogP contribution in [0.15, 0.2) is 18.2 Å². The average molecular weight is 279 g/mol. The summed E-state index contributed by atoms with van der Waals surface area (Å²) in [7, 11) is 5.07. The quantitative estimate of drug-likeness (QED) is 0.900. The highest BCUT2D eigenvalue weighted by Crippen LogP contribution is 2.42. The molecule has 2 N–H and O–H groups in total. The molecule has 20 heavy (non-hydrogen) atoms. The third-order valence-electron chi connectivity index (χ3n) is 4.45. The first-order valence-electron chi connectivity index (χ1n) is 7.19. The van der Waals surface area contributed by atoms with E-state index in [0.717, 1.165) is 29.9 Å². The van der Waals surface area contributed by atoms with Gasteiger partial charge in [-0.05, 0) is 25.0 Å². The minimum Gasteiger partial charge on any atom is -0.497 e. The molecule has 1 aliphatic carbocycles. The van der Waals surface area contributed by atoms with Gasteiger partial charge in [0.05, 0.1) is 25.9 Å². The van der Waals surface area contributed by atoms with Crippen LogP contribution in [0, 0.1) is 0 Å². The van der Waals surface area contributed by atoms with Crippen LogP contribution >= 0.6 is 0 Å². The minimum absolute atomic E-state index is 0.186. The molecule has 1 unspecified atom stereocenters. The number of hydrogen-bond acceptors (Lipinski definition) is 4. The van der Waals surface area contributed by atoms with Gasteiger partial charge in [0.1, 0.15) is 11.5 Å². The van der Waals surface area contributed by atoms with Crippen molar-refractivity contribution < 1.29 is 14.2 Å². The fraction of sp³-hybridized carbons (Fsp3) is 0.625. The van der Waals surface area contributed by atoms with Crippen LogP contribution in [0.2, 0.25) is 0 Å². The van der Waals surface area contributed by atoms with Gasteiger partial charge in [-0.2, -0.15) is 0 Å². The summed E-state index contributed by atoms with van der Waals surface area (Å²) in [5.74, 6) is 1.53. The van der Waals surface area contributed by atoms with Crippen LogP contribution in [-0.2, 0) is 4.74 Å². The summed E-state index contributed by atoms with van der Waals surface area (Å²) >= 11 is 0. The second-order valence-corrected chi connectivity index (χ2v) is 5.42. The lowest BCUT2D eigenvalue weighted by Crippen LogP contribution is -2.44. The maximum atomic E-state index is 6.54. The molecule has 0 bridgehead atoms. The van der Waals surface area contributed by atoms with Gasteiger partial charge in [0.15, 0.2) is 0 Å². The highest BCUT2D eigenvalue weighted by molar-refractivity contribution is 5.43. The molecule has 1 aliphatic rings.